The summed E-state index contributed by atoms with van der Waals surface area (Å²) in [6, 6.07) is 7.40. The van der Waals surface area contributed by atoms with Crippen LogP contribution in [0.25, 0.3) is 11.4 Å². The van der Waals surface area contributed by atoms with E-state index >= 15 is 0 Å². The lowest BCUT2D eigenvalue weighted by atomic mass is 10.3. The first-order chi connectivity index (χ1) is 10.7. The van der Waals surface area contributed by atoms with Crippen molar-refractivity contribution >= 4 is 29.3 Å². The van der Waals surface area contributed by atoms with Crippen LogP contribution >= 0.6 is 23.4 Å². The maximum absolute atomic E-state index is 11.7. The molecule has 2 aromatic heterocycles. The van der Waals surface area contributed by atoms with E-state index in [2.05, 4.69) is 15.0 Å². The smallest absolute Gasteiger partial charge is 0.316 e. The minimum atomic E-state index is -0.297. The van der Waals surface area contributed by atoms with Crippen molar-refractivity contribution in [1.29, 1.82) is 0 Å². The van der Waals surface area contributed by atoms with E-state index in [1.54, 1.807) is 18.5 Å². The quantitative estimate of drug-likeness (QED) is 0.334. The number of halogens is 1. The number of aromatic nitrogens is 3. The Hall–Kier alpha value is -1.66. The van der Waals surface area contributed by atoms with Crippen LogP contribution in [0.1, 0.15) is 13.3 Å². The standard InChI is InChI=1S/C15H16ClN3O2S/c1-11(5-7-16)21-14(20)10-22-15-18-9-6-13(19-15)12-4-2-3-8-17-12/h2-4,6,8-9,11H,5,7,10H2,1H3. The van der Waals surface area contributed by atoms with Crippen LogP contribution in [0.5, 0.6) is 0 Å². The fourth-order valence-corrected chi connectivity index (χ4v) is 2.58. The van der Waals surface area contributed by atoms with Crippen LogP contribution < -0.4 is 0 Å². The SMILES string of the molecule is CC(CCCl)OC(=O)CSc1nccc(-c2ccccn2)n1. The molecule has 0 fully saturated rings. The molecule has 2 heterocycles. The number of carbonyl (C=O) groups is 1. The van der Waals surface area contributed by atoms with Gasteiger partial charge in [0.25, 0.3) is 0 Å². The van der Waals surface area contributed by atoms with E-state index in [-0.39, 0.29) is 17.8 Å². The topological polar surface area (TPSA) is 65.0 Å². The molecular weight excluding hydrogens is 322 g/mol. The molecule has 0 spiro atoms. The Balaban J connectivity index is 1.92. The first kappa shape index (κ1) is 16.7. The Morgan fingerprint density at radius 1 is 1.27 bits per heavy atom. The first-order valence-electron chi connectivity index (χ1n) is 6.81. The van der Waals surface area contributed by atoms with E-state index in [4.69, 9.17) is 16.3 Å². The number of pyridine rings is 1. The normalized spacial score (nSPS) is 11.9. The first-order valence-corrected chi connectivity index (χ1v) is 8.33. The minimum Gasteiger partial charge on any atom is -0.462 e. The van der Waals surface area contributed by atoms with Gasteiger partial charge in [0.1, 0.15) is 6.10 Å². The highest BCUT2D eigenvalue weighted by Gasteiger charge is 2.11. The molecule has 0 aliphatic heterocycles. The summed E-state index contributed by atoms with van der Waals surface area (Å²) in [5, 5.41) is 0.519. The number of esters is 1. The van der Waals surface area contributed by atoms with Crippen LogP contribution in [0.4, 0.5) is 0 Å². The number of carbonyl (C=O) groups excluding carboxylic acids is 1. The second-order valence-electron chi connectivity index (χ2n) is 4.51. The minimum absolute atomic E-state index is 0.165. The Kier molecular flexibility index (Phi) is 6.61. The molecule has 0 saturated carbocycles. The summed E-state index contributed by atoms with van der Waals surface area (Å²) in [5.41, 5.74) is 1.49. The molecule has 0 bridgehead atoms. The van der Waals surface area contributed by atoms with Crippen LogP contribution in [0.15, 0.2) is 41.8 Å². The van der Waals surface area contributed by atoms with Gasteiger partial charge in [0.05, 0.1) is 17.1 Å². The molecular formula is C15H16ClN3O2S. The van der Waals surface area contributed by atoms with E-state index in [1.165, 1.54) is 11.8 Å². The lowest BCUT2D eigenvalue weighted by Gasteiger charge is -2.11. The Morgan fingerprint density at radius 3 is 2.86 bits per heavy atom. The van der Waals surface area contributed by atoms with Crippen LogP contribution in [-0.2, 0) is 9.53 Å². The number of hydrogen-bond donors (Lipinski definition) is 0. The number of nitrogens with zero attached hydrogens (tertiary/aromatic N) is 3. The molecule has 0 saturated heterocycles. The average molecular weight is 338 g/mol. The number of ether oxygens (including phenoxy) is 1. The molecule has 5 nitrogen and oxygen atoms in total. The van der Waals surface area contributed by atoms with Gasteiger partial charge < -0.3 is 4.74 Å². The zero-order valence-corrected chi connectivity index (χ0v) is 13.7. The third-order valence-electron chi connectivity index (χ3n) is 2.73. The molecule has 2 aromatic rings. The molecule has 1 atom stereocenters. The largest absolute Gasteiger partial charge is 0.462 e. The van der Waals surface area contributed by atoms with Gasteiger partial charge in [-0.25, -0.2) is 9.97 Å². The lowest BCUT2D eigenvalue weighted by molar-refractivity contribution is -0.144. The molecule has 0 N–H and O–H groups in total. The molecule has 0 radical (unpaired) electrons. The van der Waals surface area contributed by atoms with E-state index < -0.39 is 0 Å². The Labute approximate surface area is 138 Å². The fraction of sp³-hybridized carbons (Fsp3) is 0.333. The van der Waals surface area contributed by atoms with Gasteiger partial charge in [0.15, 0.2) is 5.16 Å². The van der Waals surface area contributed by atoms with E-state index in [0.29, 0.717) is 17.5 Å². The number of alkyl halides is 1. The van der Waals surface area contributed by atoms with Gasteiger partial charge in [-0.3, -0.25) is 9.78 Å². The van der Waals surface area contributed by atoms with Crippen molar-refractivity contribution in [3.63, 3.8) is 0 Å². The number of thioether (sulfide) groups is 1. The fourth-order valence-electron chi connectivity index (χ4n) is 1.66. The molecule has 0 aliphatic carbocycles. The highest BCUT2D eigenvalue weighted by atomic mass is 35.5. The third-order valence-corrected chi connectivity index (χ3v) is 3.78. The van der Waals surface area contributed by atoms with Crippen molar-refractivity contribution in [2.24, 2.45) is 0 Å². The van der Waals surface area contributed by atoms with Gasteiger partial charge in [-0.2, -0.15) is 0 Å². The summed E-state index contributed by atoms with van der Waals surface area (Å²) in [6.07, 6.45) is 3.83. The summed E-state index contributed by atoms with van der Waals surface area (Å²) in [4.78, 5) is 24.5. The molecule has 1 unspecified atom stereocenters. The molecule has 0 aliphatic rings. The number of rotatable bonds is 7. The summed E-state index contributed by atoms with van der Waals surface area (Å²) in [6.45, 7) is 1.82. The highest BCUT2D eigenvalue weighted by molar-refractivity contribution is 7.99. The lowest BCUT2D eigenvalue weighted by Crippen LogP contribution is -2.17. The van der Waals surface area contributed by atoms with Crippen LogP contribution in [0, 0.1) is 0 Å². The zero-order valence-electron chi connectivity index (χ0n) is 12.1. The summed E-state index contributed by atoms with van der Waals surface area (Å²) in [5.74, 6) is 0.337. The van der Waals surface area contributed by atoms with E-state index in [0.717, 1.165) is 11.4 Å². The van der Waals surface area contributed by atoms with Crippen LogP contribution in [0.2, 0.25) is 0 Å². The summed E-state index contributed by atoms with van der Waals surface area (Å²) in [7, 11) is 0. The van der Waals surface area contributed by atoms with Crippen LogP contribution in [0.3, 0.4) is 0 Å². The average Bonchev–Trinajstić information content (AvgIpc) is 2.54. The molecule has 0 amide bonds. The Morgan fingerprint density at radius 2 is 2.14 bits per heavy atom. The van der Waals surface area contributed by atoms with Gasteiger partial charge in [-0.1, -0.05) is 17.8 Å². The molecule has 116 valence electrons. The van der Waals surface area contributed by atoms with Gasteiger partial charge in [0, 0.05) is 18.3 Å². The zero-order chi connectivity index (χ0) is 15.8. The van der Waals surface area contributed by atoms with Crippen molar-refractivity contribution < 1.29 is 9.53 Å². The monoisotopic (exact) mass is 337 g/mol. The van der Waals surface area contributed by atoms with Crippen molar-refractivity contribution in [2.75, 3.05) is 11.6 Å². The highest BCUT2D eigenvalue weighted by Crippen LogP contribution is 2.18. The van der Waals surface area contributed by atoms with Crippen LogP contribution in [-0.4, -0.2) is 38.7 Å². The maximum atomic E-state index is 11.7. The molecule has 7 heteroatoms. The molecule has 0 aromatic carbocycles. The Bertz CT molecular complexity index is 613. The predicted octanol–water partition coefficient (Wildman–Crippen LogP) is 3.19. The van der Waals surface area contributed by atoms with Gasteiger partial charge in [-0.05, 0) is 31.5 Å². The molecule has 2 rings (SSSR count). The summed E-state index contributed by atoms with van der Waals surface area (Å²) >= 11 is 6.85. The van der Waals surface area contributed by atoms with Crippen molar-refractivity contribution in [3.05, 3.63) is 36.7 Å². The van der Waals surface area contributed by atoms with E-state index in [1.807, 2.05) is 25.1 Å². The van der Waals surface area contributed by atoms with Gasteiger partial charge in [-0.15, -0.1) is 11.6 Å². The predicted molar refractivity (Wildman–Crippen MR) is 86.9 cm³/mol. The number of hydrogen-bond acceptors (Lipinski definition) is 6. The molecule has 22 heavy (non-hydrogen) atoms. The van der Waals surface area contributed by atoms with Crippen molar-refractivity contribution in [1.82, 2.24) is 15.0 Å². The van der Waals surface area contributed by atoms with Crippen molar-refractivity contribution in [2.45, 2.75) is 24.6 Å². The maximum Gasteiger partial charge on any atom is 0.316 e. The second-order valence-corrected chi connectivity index (χ2v) is 5.83. The third kappa shape index (κ3) is 5.27. The van der Waals surface area contributed by atoms with Gasteiger partial charge >= 0.3 is 5.97 Å². The summed E-state index contributed by atoms with van der Waals surface area (Å²) < 4.78 is 5.22. The van der Waals surface area contributed by atoms with Crippen molar-refractivity contribution in [3.8, 4) is 11.4 Å². The van der Waals surface area contributed by atoms with Gasteiger partial charge in [0.2, 0.25) is 0 Å². The second kappa shape index (κ2) is 8.70. The van der Waals surface area contributed by atoms with E-state index in [9.17, 15) is 4.79 Å².